The standard InChI is InChI=1S/C13H13FO3/c1-2-6-17-13(16)9-7-8-4-3-5-10(14)11(8)12(9)15/h3-5,9H,2,6-7H2,1H3. The monoisotopic (exact) mass is 236 g/mol. The minimum atomic E-state index is -0.867. The molecule has 0 amide bonds. The van der Waals surface area contributed by atoms with Crippen molar-refractivity contribution in [1.82, 2.24) is 0 Å². The summed E-state index contributed by atoms with van der Waals surface area (Å²) < 4.78 is 18.4. The average Bonchev–Trinajstić information content (AvgIpc) is 2.65. The van der Waals surface area contributed by atoms with E-state index in [-0.39, 0.29) is 12.0 Å². The summed E-state index contributed by atoms with van der Waals surface area (Å²) in [5, 5.41) is 0. The van der Waals surface area contributed by atoms with Crippen LogP contribution < -0.4 is 0 Å². The highest BCUT2D eigenvalue weighted by Gasteiger charge is 2.38. The SMILES string of the molecule is CCCOC(=O)C1Cc2cccc(F)c2C1=O. The van der Waals surface area contributed by atoms with E-state index < -0.39 is 23.5 Å². The normalized spacial score (nSPS) is 18.0. The molecule has 0 heterocycles. The summed E-state index contributed by atoms with van der Waals surface area (Å²) in [6.07, 6.45) is 0.947. The van der Waals surface area contributed by atoms with Crippen molar-refractivity contribution in [2.45, 2.75) is 19.8 Å². The maximum Gasteiger partial charge on any atom is 0.317 e. The second kappa shape index (κ2) is 4.65. The minimum absolute atomic E-state index is 0.0472. The number of ketones is 1. The van der Waals surface area contributed by atoms with Crippen molar-refractivity contribution in [1.29, 1.82) is 0 Å². The van der Waals surface area contributed by atoms with Gasteiger partial charge in [0.25, 0.3) is 0 Å². The molecule has 0 fully saturated rings. The van der Waals surface area contributed by atoms with Crippen molar-refractivity contribution >= 4 is 11.8 Å². The van der Waals surface area contributed by atoms with E-state index >= 15 is 0 Å². The molecular weight excluding hydrogens is 223 g/mol. The molecule has 1 aliphatic carbocycles. The number of Topliss-reactive ketones (excluding diaryl/α,β-unsaturated/α-hetero) is 1. The zero-order valence-electron chi connectivity index (χ0n) is 9.53. The number of carbonyl (C=O) groups is 2. The molecule has 1 aliphatic rings. The Kier molecular flexibility index (Phi) is 3.22. The van der Waals surface area contributed by atoms with Crippen LogP contribution in [0.15, 0.2) is 18.2 Å². The van der Waals surface area contributed by atoms with Gasteiger partial charge in [-0.3, -0.25) is 9.59 Å². The first-order chi connectivity index (χ1) is 8.15. The second-order valence-corrected chi connectivity index (χ2v) is 4.06. The first-order valence-electron chi connectivity index (χ1n) is 5.63. The lowest BCUT2D eigenvalue weighted by atomic mass is 10.1. The Bertz CT molecular complexity index is 468. The molecule has 0 saturated carbocycles. The van der Waals surface area contributed by atoms with Gasteiger partial charge in [-0.1, -0.05) is 19.1 Å². The van der Waals surface area contributed by atoms with Gasteiger partial charge in [0.05, 0.1) is 12.2 Å². The van der Waals surface area contributed by atoms with E-state index in [0.29, 0.717) is 18.6 Å². The van der Waals surface area contributed by atoms with Gasteiger partial charge in [-0.05, 0) is 24.5 Å². The molecule has 3 nitrogen and oxygen atoms in total. The number of rotatable bonds is 3. The predicted octanol–water partition coefficient (Wildman–Crippen LogP) is 2.13. The number of esters is 1. The Morgan fingerprint density at radius 3 is 2.94 bits per heavy atom. The van der Waals surface area contributed by atoms with Gasteiger partial charge in [-0.15, -0.1) is 0 Å². The molecule has 0 aliphatic heterocycles. The highest BCUT2D eigenvalue weighted by molar-refractivity contribution is 6.12. The average molecular weight is 236 g/mol. The lowest BCUT2D eigenvalue weighted by molar-refractivity contribution is -0.146. The zero-order chi connectivity index (χ0) is 12.4. The molecule has 0 aromatic heterocycles. The molecular formula is C13H13FO3. The summed E-state index contributed by atoms with van der Waals surface area (Å²) in [6, 6.07) is 4.45. The quantitative estimate of drug-likeness (QED) is 0.596. The summed E-state index contributed by atoms with van der Waals surface area (Å²) >= 11 is 0. The van der Waals surface area contributed by atoms with E-state index in [2.05, 4.69) is 0 Å². The van der Waals surface area contributed by atoms with Gasteiger partial charge in [-0.2, -0.15) is 0 Å². The molecule has 1 aromatic rings. The lowest BCUT2D eigenvalue weighted by Crippen LogP contribution is -2.23. The first-order valence-corrected chi connectivity index (χ1v) is 5.63. The molecule has 4 heteroatoms. The smallest absolute Gasteiger partial charge is 0.317 e. The fraction of sp³-hybridized carbons (Fsp3) is 0.385. The number of halogens is 1. The largest absolute Gasteiger partial charge is 0.465 e. The van der Waals surface area contributed by atoms with Gasteiger partial charge >= 0.3 is 5.97 Å². The first kappa shape index (κ1) is 11.8. The zero-order valence-corrected chi connectivity index (χ0v) is 9.53. The summed E-state index contributed by atoms with van der Waals surface area (Å²) in [6.45, 7) is 2.17. The van der Waals surface area contributed by atoms with Crippen LogP contribution in [0.25, 0.3) is 0 Å². The highest BCUT2D eigenvalue weighted by Crippen LogP contribution is 2.29. The van der Waals surface area contributed by atoms with E-state index in [4.69, 9.17) is 4.74 Å². The number of benzene rings is 1. The maximum absolute atomic E-state index is 13.5. The third kappa shape index (κ3) is 2.07. The molecule has 1 atom stereocenters. The van der Waals surface area contributed by atoms with Crippen molar-refractivity contribution in [3.8, 4) is 0 Å². The number of hydrogen-bond acceptors (Lipinski definition) is 3. The van der Waals surface area contributed by atoms with Gasteiger partial charge < -0.3 is 4.74 Å². The molecule has 0 bridgehead atoms. The van der Waals surface area contributed by atoms with Crippen molar-refractivity contribution in [3.63, 3.8) is 0 Å². The highest BCUT2D eigenvalue weighted by atomic mass is 19.1. The summed E-state index contributed by atoms with van der Waals surface area (Å²) in [7, 11) is 0. The van der Waals surface area contributed by atoms with Crippen LogP contribution in [0.2, 0.25) is 0 Å². The fourth-order valence-electron chi connectivity index (χ4n) is 2.00. The van der Waals surface area contributed by atoms with Crippen molar-refractivity contribution in [3.05, 3.63) is 35.1 Å². The van der Waals surface area contributed by atoms with Crippen LogP contribution in [0, 0.1) is 11.7 Å². The van der Waals surface area contributed by atoms with Crippen LogP contribution in [0.4, 0.5) is 4.39 Å². The number of carbonyl (C=O) groups excluding carboxylic acids is 2. The van der Waals surface area contributed by atoms with Crippen LogP contribution in [-0.2, 0) is 16.0 Å². The van der Waals surface area contributed by atoms with Gasteiger partial charge in [0.15, 0.2) is 5.78 Å². The molecule has 17 heavy (non-hydrogen) atoms. The Balaban J connectivity index is 2.20. The summed E-state index contributed by atoms with van der Waals surface area (Å²) in [5.74, 6) is -2.43. The van der Waals surface area contributed by atoms with Gasteiger partial charge in [0.1, 0.15) is 11.7 Å². The van der Waals surface area contributed by atoms with Crippen LogP contribution in [0.5, 0.6) is 0 Å². The lowest BCUT2D eigenvalue weighted by Gasteiger charge is -2.07. The third-order valence-corrected chi connectivity index (χ3v) is 2.82. The van der Waals surface area contributed by atoms with Gasteiger partial charge in [-0.25, -0.2) is 4.39 Å². The Hall–Kier alpha value is -1.71. The number of ether oxygens (including phenoxy) is 1. The topological polar surface area (TPSA) is 43.4 Å². The van der Waals surface area contributed by atoms with Crippen LogP contribution >= 0.6 is 0 Å². The van der Waals surface area contributed by atoms with Crippen molar-refractivity contribution < 1.29 is 18.7 Å². The van der Waals surface area contributed by atoms with Crippen molar-refractivity contribution in [2.75, 3.05) is 6.61 Å². The third-order valence-electron chi connectivity index (χ3n) is 2.82. The molecule has 1 aromatic carbocycles. The molecule has 0 spiro atoms. The fourth-order valence-corrected chi connectivity index (χ4v) is 2.00. The van der Waals surface area contributed by atoms with Crippen molar-refractivity contribution in [2.24, 2.45) is 5.92 Å². The van der Waals surface area contributed by atoms with E-state index in [9.17, 15) is 14.0 Å². The molecule has 90 valence electrons. The van der Waals surface area contributed by atoms with Crippen LogP contribution in [0.3, 0.4) is 0 Å². The van der Waals surface area contributed by atoms with E-state index in [1.807, 2.05) is 6.92 Å². The molecule has 0 radical (unpaired) electrons. The van der Waals surface area contributed by atoms with Crippen LogP contribution in [-0.4, -0.2) is 18.4 Å². The van der Waals surface area contributed by atoms with Gasteiger partial charge in [0, 0.05) is 0 Å². The van der Waals surface area contributed by atoms with Gasteiger partial charge in [0.2, 0.25) is 0 Å². The summed E-state index contributed by atoms with van der Waals surface area (Å²) in [4.78, 5) is 23.5. The number of fused-ring (bicyclic) bond motifs is 1. The maximum atomic E-state index is 13.5. The molecule has 0 N–H and O–H groups in total. The molecule has 0 saturated heterocycles. The van der Waals surface area contributed by atoms with E-state index in [1.165, 1.54) is 6.07 Å². The Morgan fingerprint density at radius 2 is 2.29 bits per heavy atom. The summed E-state index contributed by atoms with van der Waals surface area (Å²) in [5.41, 5.74) is 0.638. The number of hydrogen-bond donors (Lipinski definition) is 0. The molecule has 1 unspecified atom stereocenters. The molecule has 2 rings (SSSR count). The Morgan fingerprint density at radius 1 is 1.53 bits per heavy atom. The predicted molar refractivity (Wildman–Crippen MR) is 59.2 cm³/mol. The minimum Gasteiger partial charge on any atom is -0.465 e. The Labute approximate surface area is 98.6 Å². The second-order valence-electron chi connectivity index (χ2n) is 4.06. The van der Waals surface area contributed by atoms with E-state index in [1.54, 1.807) is 12.1 Å². The van der Waals surface area contributed by atoms with E-state index in [0.717, 1.165) is 0 Å². The van der Waals surface area contributed by atoms with Crippen LogP contribution in [0.1, 0.15) is 29.3 Å².